The Morgan fingerprint density at radius 1 is 1.06 bits per heavy atom. The molecule has 3 N–H and O–H groups in total. The van der Waals surface area contributed by atoms with E-state index in [9.17, 15) is 4.79 Å². The van der Waals surface area contributed by atoms with E-state index in [1.807, 2.05) is 42.5 Å². The van der Waals surface area contributed by atoms with Gasteiger partial charge in [0.05, 0.1) is 5.69 Å². The van der Waals surface area contributed by atoms with Crippen molar-refractivity contribution in [3.63, 3.8) is 0 Å². The van der Waals surface area contributed by atoms with Gasteiger partial charge in [-0.1, -0.05) is 42.5 Å². The standard InChI is InChI=1S/C24H29N5OS/c1-3-26-24(27-14-12-18-8-7-11-20(16-18)22(30)25-2)28-15-13-21-17-31-23(29-21)19-9-5-4-6-10-19/h4-11,16-17H,3,12-15H2,1-2H3,(H,25,30)(H2,26,27,28). The van der Waals surface area contributed by atoms with E-state index in [0.29, 0.717) is 12.1 Å². The lowest BCUT2D eigenvalue weighted by Crippen LogP contribution is -2.38. The van der Waals surface area contributed by atoms with Gasteiger partial charge in [-0.3, -0.25) is 9.79 Å². The number of nitrogens with zero attached hydrogens (tertiary/aromatic N) is 2. The van der Waals surface area contributed by atoms with Crippen LogP contribution in [0, 0.1) is 0 Å². The van der Waals surface area contributed by atoms with Gasteiger partial charge in [-0.15, -0.1) is 11.3 Å². The summed E-state index contributed by atoms with van der Waals surface area (Å²) >= 11 is 1.67. The van der Waals surface area contributed by atoms with Gasteiger partial charge in [0, 0.05) is 49.6 Å². The van der Waals surface area contributed by atoms with Crippen LogP contribution in [0.4, 0.5) is 0 Å². The fraction of sp³-hybridized carbons (Fsp3) is 0.292. The predicted octanol–water partition coefficient (Wildman–Crippen LogP) is 3.51. The highest BCUT2D eigenvalue weighted by atomic mass is 32.1. The Morgan fingerprint density at radius 2 is 1.90 bits per heavy atom. The summed E-state index contributed by atoms with van der Waals surface area (Å²) in [5.41, 5.74) is 4.01. The highest BCUT2D eigenvalue weighted by molar-refractivity contribution is 7.13. The number of nitrogens with one attached hydrogen (secondary N) is 3. The minimum absolute atomic E-state index is 0.0674. The van der Waals surface area contributed by atoms with Crippen LogP contribution < -0.4 is 16.0 Å². The molecule has 6 nitrogen and oxygen atoms in total. The first kappa shape index (κ1) is 22.5. The first-order valence-corrected chi connectivity index (χ1v) is 11.4. The fourth-order valence-electron chi connectivity index (χ4n) is 3.10. The maximum atomic E-state index is 11.8. The molecule has 0 bridgehead atoms. The average molecular weight is 436 g/mol. The zero-order valence-electron chi connectivity index (χ0n) is 18.0. The van der Waals surface area contributed by atoms with Crippen molar-refractivity contribution in [1.82, 2.24) is 20.9 Å². The van der Waals surface area contributed by atoms with E-state index in [4.69, 9.17) is 4.98 Å². The van der Waals surface area contributed by atoms with Crippen LogP contribution in [0.1, 0.15) is 28.5 Å². The van der Waals surface area contributed by atoms with E-state index in [0.717, 1.165) is 53.7 Å². The summed E-state index contributed by atoms with van der Waals surface area (Å²) < 4.78 is 0. The summed E-state index contributed by atoms with van der Waals surface area (Å²) in [6.45, 7) is 4.25. The molecule has 1 heterocycles. The molecule has 0 aliphatic heterocycles. The Kier molecular flexibility index (Phi) is 8.60. The molecule has 0 fully saturated rings. The number of aliphatic imine (C=N–C) groups is 1. The van der Waals surface area contributed by atoms with Gasteiger partial charge < -0.3 is 16.0 Å². The van der Waals surface area contributed by atoms with E-state index in [1.165, 1.54) is 0 Å². The summed E-state index contributed by atoms with van der Waals surface area (Å²) in [4.78, 5) is 21.2. The number of carbonyl (C=O) groups excluding carboxylic acids is 1. The molecule has 0 aliphatic rings. The lowest BCUT2D eigenvalue weighted by atomic mass is 10.1. The van der Waals surface area contributed by atoms with Gasteiger partial charge in [0.1, 0.15) is 5.01 Å². The van der Waals surface area contributed by atoms with Gasteiger partial charge in [0.15, 0.2) is 5.96 Å². The van der Waals surface area contributed by atoms with Crippen LogP contribution >= 0.6 is 11.3 Å². The third-order valence-electron chi connectivity index (χ3n) is 4.68. The Hall–Kier alpha value is -3.19. The van der Waals surface area contributed by atoms with Crippen LogP contribution in [-0.2, 0) is 12.8 Å². The molecule has 1 aromatic heterocycles. The molecule has 31 heavy (non-hydrogen) atoms. The molecule has 0 saturated carbocycles. The van der Waals surface area contributed by atoms with Crippen molar-refractivity contribution in [3.05, 3.63) is 76.8 Å². The van der Waals surface area contributed by atoms with Crippen molar-refractivity contribution in [2.45, 2.75) is 19.8 Å². The SMILES string of the molecule is CCNC(=NCCc1csc(-c2ccccc2)n1)NCCc1cccc(C(=O)NC)c1. The van der Waals surface area contributed by atoms with Gasteiger partial charge in [0.2, 0.25) is 0 Å². The molecular weight excluding hydrogens is 406 g/mol. The molecule has 162 valence electrons. The van der Waals surface area contributed by atoms with Crippen molar-refractivity contribution in [2.24, 2.45) is 4.99 Å². The van der Waals surface area contributed by atoms with Gasteiger partial charge in [-0.05, 0) is 31.0 Å². The van der Waals surface area contributed by atoms with Gasteiger partial charge in [0.25, 0.3) is 5.91 Å². The molecule has 0 atom stereocenters. The van der Waals surface area contributed by atoms with Crippen molar-refractivity contribution < 1.29 is 4.79 Å². The second kappa shape index (κ2) is 11.9. The van der Waals surface area contributed by atoms with E-state index in [1.54, 1.807) is 18.4 Å². The molecule has 0 radical (unpaired) electrons. The number of thiazole rings is 1. The lowest BCUT2D eigenvalue weighted by molar-refractivity contribution is 0.0963. The molecule has 2 aromatic carbocycles. The van der Waals surface area contributed by atoms with Crippen molar-refractivity contribution in [1.29, 1.82) is 0 Å². The van der Waals surface area contributed by atoms with Crippen LogP contribution in [0.3, 0.4) is 0 Å². The number of hydrogen-bond acceptors (Lipinski definition) is 4. The maximum absolute atomic E-state index is 11.8. The number of guanidine groups is 1. The minimum Gasteiger partial charge on any atom is -0.357 e. The lowest BCUT2D eigenvalue weighted by Gasteiger charge is -2.11. The van der Waals surface area contributed by atoms with Crippen LogP contribution in [0.15, 0.2) is 65.0 Å². The highest BCUT2D eigenvalue weighted by Crippen LogP contribution is 2.23. The molecule has 3 aromatic rings. The number of benzene rings is 2. The average Bonchev–Trinajstić information content (AvgIpc) is 3.28. The molecule has 0 saturated heterocycles. The van der Waals surface area contributed by atoms with Crippen molar-refractivity contribution in [2.75, 3.05) is 26.7 Å². The van der Waals surface area contributed by atoms with Gasteiger partial charge in [-0.2, -0.15) is 0 Å². The monoisotopic (exact) mass is 435 g/mol. The highest BCUT2D eigenvalue weighted by Gasteiger charge is 2.06. The minimum atomic E-state index is -0.0674. The predicted molar refractivity (Wildman–Crippen MR) is 129 cm³/mol. The van der Waals surface area contributed by atoms with Gasteiger partial charge >= 0.3 is 0 Å². The molecule has 0 spiro atoms. The number of amides is 1. The van der Waals surface area contributed by atoms with Crippen LogP contribution in [0.5, 0.6) is 0 Å². The smallest absolute Gasteiger partial charge is 0.251 e. The first-order chi connectivity index (χ1) is 15.2. The van der Waals surface area contributed by atoms with E-state index < -0.39 is 0 Å². The third-order valence-corrected chi connectivity index (χ3v) is 5.62. The molecular formula is C24H29N5OS. The number of carbonyl (C=O) groups is 1. The summed E-state index contributed by atoms with van der Waals surface area (Å²) in [7, 11) is 1.64. The number of rotatable bonds is 9. The Bertz CT molecular complexity index is 1000. The molecule has 1 amide bonds. The molecule has 3 rings (SSSR count). The Morgan fingerprint density at radius 3 is 2.68 bits per heavy atom. The van der Waals surface area contributed by atoms with Crippen LogP contribution in [0.2, 0.25) is 0 Å². The number of aromatic nitrogens is 1. The molecule has 0 aliphatic carbocycles. The largest absolute Gasteiger partial charge is 0.357 e. The fourth-order valence-corrected chi connectivity index (χ4v) is 3.96. The van der Waals surface area contributed by atoms with Gasteiger partial charge in [-0.25, -0.2) is 4.98 Å². The maximum Gasteiger partial charge on any atom is 0.251 e. The molecule has 0 unspecified atom stereocenters. The van der Waals surface area contributed by atoms with E-state index >= 15 is 0 Å². The number of hydrogen-bond donors (Lipinski definition) is 3. The van der Waals surface area contributed by atoms with Crippen LogP contribution in [0.25, 0.3) is 10.6 Å². The molecule has 7 heteroatoms. The van der Waals surface area contributed by atoms with Crippen LogP contribution in [-0.4, -0.2) is 43.5 Å². The van der Waals surface area contributed by atoms with Crippen molar-refractivity contribution in [3.8, 4) is 10.6 Å². The Balaban J connectivity index is 1.50. The third kappa shape index (κ3) is 6.93. The summed E-state index contributed by atoms with van der Waals surface area (Å²) in [5, 5.41) is 12.5. The van der Waals surface area contributed by atoms with E-state index in [2.05, 4.69) is 45.4 Å². The second-order valence-corrected chi connectivity index (χ2v) is 7.84. The zero-order chi connectivity index (χ0) is 21.9. The summed E-state index contributed by atoms with van der Waals surface area (Å²) in [6, 6.07) is 17.9. The topological polar surface area (TPSA) is 78.4 Å². The van der Waals surface area contributed by atoms with Crippen molar-refractivity contribution >= 4 is 23.2 Å². The summed E-state index contributed by atoms with van der Waals surface area (Å²) in [5.74, 6) is 0.727. The summed E-state index contributed by atoms with van der Waals surface area (Å²) in [6.07, 6.45) is 1.61. The Labute approximate surface area is 187 Å². The quantitative estimate of drug-likeness (QED) is 0.355. The van der Waals surface area contributed by atoms with E-state index in [-0.39, 0.29) is 5.91 Å². The normalized spacial score (nSPS) is 11.2. The second-order valence-electron chi connectivity index (χ2n) is 6.98. The first-order valence-electron chi connectivity index (χ1n) is 10.5. The zero-order valence-corrected chi connectivity index (χ0v) is 18.8.